The Bertz CT molecular complexity index is 253. The van der Waals surface area contributed by atoms with Gasteiger partial charge in [0, 0.05) is 13.3 Å². The van der Waals surface area contributed by atoms with Crippen molar-refractivity contribution in [3.8, 4) is 0 Å². The van der Waals surface area contributed by atoms with Crippen LogP contribution >= 0.6 is 7.80 Å². The minimum absolute atomic E-state index is 0. The summed E-state index contributed by atoms with van der Waals surface area (Å²) < 4.78 is 10.8. The number of nitrogens with one attached hydrogen (secondary N) is 1. The molecule has 2 unspecified atom stereocenters. The van der Waals surface area contributed by atoms with Crippen LogP contribution in [-0.4, -0.2) is 40.6 Å². The first-order valence-electron chi connectivity index (χ1n) is 4.00. The Balaban J connectivity index is -0.000000845. The molecular weight excluding hydrogens is 232 g/mol. The molecule has 0 fully saturated rings. The number of aliphatic hydroxyl groups is 1. The van der Waals surface area contributed by atoms with Crippen LogP contribution in [0.3, 0.4) is 0 Å². The van der Waals surface area contributed by atoms with E-state index in [4.69, 9.17) is 10.2 Å². The van der Waals surface area contributed by atoms with E-state index in [1.54, 1.807) is 0 Å². The summed E-state index contributed by atoms with van der Waals surface area (Å²) in [5.74, 6) is -1.61. The van der Waals surface area contributed by atoms with E-state index in [9.17, 15) is 14.2 Å². The molecule has 0 aromatic carbocycles. The molecule has 8 heteroatoms. The predicted molar refractivity (Wildman–Crippen MR) is 50.5 cm³/mol. The Kier molecular flexibility index (Phi) is 10.7. The van der Waals surface area contributed by atoms with E-state index in [-0.39, 0.29) is 43.6 Å². The van der Waals surface area contributed by atoms with Crippen molar-refractivity contribution in [3.63, 3.8) is 0 Å². The van der Waals surface area contributed by atoms with Crippen molar-refractivity contribution >= 4 is 19.7 Å². The van der Waals surface area contributed by atoms with E-state index < -0.39 is 32.1 Å². The van der Waals surface area contributed by atoms with Gasteiger partial charge in [-0.1, -0.05) is 4.57 Å². The average molecular weight is 246 g/mol. The molecule has 0 aromatic rings. The van der Waals surface area contributed by atoms with Gasteiger partial charge < -0.3 is 17.0 Å². The van der Waals surface area contributed by atoms with Crippen molar-refractivity contribution in [2.75, 3.05) is 12.5 Å². The molecule has 82 valence electrons. The van der Waals surface area contributed by atoms with Crippen LogP contribution < -0.4 is 34.9 Å². The molecule has 6 nitrogen and oxygen atoms in total. The van der Waals surface area contributed by atoms with Gasteiger partial charge in [-0.2, -0.15) is 0 Å². The van der Waals surface area contributed by atoms with Crippen LogP contribution in [0.2, 0.25) is 0 Å². The van der Waals surface area contributed by atoms with Crippen molar-refractivity contribution in [1.29, 1.82) is 0 Å². The summed E-state index contributed by atoms with van der Waals surface area (Å²) in [7, 11) is -1.77. The summed E-state index contributed by atoms with van der Waals surface area (Å²) in [5, 5.41) is 19.3. The molecule has 0 aliphatic carbocycles. The first-order valence-corrected chi connectivity index (χ1v) is 5.63. The second-order valence-corrected chi connectivity index (χ2v) is 4.42. The van der Waals surface area contributed by atoms with Gasteiger partial charge in [-0.15, -0.1) is 0 Å². The minimum atomic E-state index is -1.77. The SMILES string of the molecule is CC(=O)NC(CC[P+](=O)CO)C(=O)O.[H-].[Na+]. The number of carbonyl (C=O) groups is 2. The van der Waals surface area contributed by atoms with Crippen molar-refractivity contribution in [2.24, 2.45) is 0 Å². The molecule has 0 heterocycles. The Labute approximate surface area is 112 Å². The van der Waals surface area contributed by atoms with Crippen LogP contribution in [0.5, 0.6) is 0 Å². The maximum Gasteiger partial charge on any atom is 1.00 e. The first-order chi connectivity index (χ1) is 6.47. The standard InChI is InChI=1S/C7H12NO5P.Na.H/c1-5(10)8-6(7(11)12)2-3-14(13)4-9;;/h6,9H,2-4H2,1H3,(H-,8,10,11,12);;/q;+1;-1/p+1. The molecule has 0 rings (SSSR count). The van der Waals surface area contributed by atoms with Crippen molar-refractivity contribution in [2.45, 2.75) is 19.4 Å². The fourth-order valence-electron chi connectivity index (χ4n) is 0.847. The second-order valence-electron chi connectivity index (χ2n) is 2.73. The Morgan fingerprint density at radius 3 is 2.40 bits per heavy atom. The summed E-state index contributed by atoms with van der Waals surface area (Å²) in [5.41, 5.74) is 0. The quantitative estimate of drug-likeness (QED) is 0.339. The molecule has 0 radical (unpaired) electrons. The third-order valence-electron chi connectivity index (χ3n) is 1.50. The summed E-state index contributed by atoms with van der Waals surface area (Å²) in [4.78, 5) is 21.1. The van der Waals surface area contributed by atoms with E-state index in [2.05, 4.69) is 5.32 Å². The van der Waals surface area contributed by atoms with E-state index in [1.807, 2.05) is 0 Å². The average Bonchev–Trinajstić information content (AvgIpc) is 2.10. The molecule has 0 spiro atoms. The van der Waals surface area contributed by atoms with E-state index in [0.717, 1.165) is 0 Å². The first kappa shape index (κ1) is 17.4. The van der Waals surface area contributed by atoms with Gasteiger partial charge >= 0.3 is 43.3 Å². The molecule has 2 atom stereocenters. The molecule has 3 N–H and O–H groups in total. The molecule has 0 aliphatic rings. The number of aliphatic hydroxyl groups excluding tert-OH is 1. The van der Waals surface area contributed by atoms with Gasteiger partial charge in [0.1, 0.15) is 6.04 Å². The van der Waals surface area contributed by atoms with Crippen molar-refractivity contribution in [3.05, 3.63) is 0 Å². The van der Waals surface area contributed by atoms with Gasteiger partial charge in [-0.25, -0.2) is 4.79 Å². The zero-order valence-corrected chi connectivity index (χ0v) is 11.7. The number of hydrogen-bond donors (Lipinski definition) is 3. The van der Waals surface area contributed by atoms with Crippen LogP contribution in [0, 0.1) is 0 Å². The minimum Gasteiger partial charge on any atom is -1.00 e. The Morgan fingerprint density at radius 1 is 1.53 bits per heavy atom. The molecule has 15 heavy (non-hydrogen) atoms. The van der Waals surface area contributed by atoms with Crippen LogP contribution in [-0.2, 0) is 14.2 Å². The third-order valence-corrected chi connectivity index (χ3v) is 2.57. The fraction of sp³-hybridized carbons (Fsp3) is 0.714. The number of carboxylic acids is 1. The largest absolute Gasteiger partial charge is 1.00 e. The molecular formula is C7H14NNaO5P+. The van der Waals surface area contributed by atoms with Gasteiger partial charge in [-0.3, -0.25) is 4.79 Å². The van der Waals surface area contributed by atoms with Gasteiger partial charge in [0.25, 0.3) is 0 Å². The zero-order chi connectivity index (χ0) is 11.1. The predicted octanol–water partition coefficient (Wildman–Crippen LogP) is -3.14. The molecule has 0 saturated carbocycles. The summed E-state index contributed by atoms with van der Waals surface area (Å²) in [6, 6.07) is -1.03. The van der Waals surface area contributed by atoms with Gasteiger partial charge in [0.2, 0.25) is 12.3 Å². The number of aliphatic carboxylic acids is 1. The molecule has 0 bridgehead atoms. The molecule has 0 aromatic heterocycles. The molecule has 0 aliphatic heterocycles. The summed E-state index contributed by atoms with van der Waals surface area (Å²) >= 11 is 0. The normalized spacial score (nSPS) is 12.3. The topological polar surface area (TPSA) is 104 Å². The molecule has 1 amide bonds. The van der Waals surface area contributed by atoms with Crippen molar-refractivity contribution in [1.82, 2.24) is 5.32 Å². The van der Waals surface area contributed by atoms with Crippen LogP contribution in [0.1, 0.15) is 14.8 Å². The van der Waals surface area contributed by atoms with Crippen molar-refractivity contribution < 1.29 is 55.4 Å². The van der Waals surface area contributed by atoms with Crippen LogP contribution in [0.15, 0.2) is 0 Å². The van der Waals surface area contributed by atoms with E-state index in [1.165, 1.54) is 6.92 Å². The number of hydrogen-bond acceptors (Lipinski definition) is 4. The van der Waals surface area contributed by atoms with Crippen LogP contribution in [0.25, 0.3) is 0 Å². The fourth-order valence-corrected chi connectivity index (χ4v) is 1.53. The number of rotatable bonds is 6. The number of carbonyl (C=O) groups excluding carboxylic acids is 1. The Hall–Kier alpha value is 0. The maximum absolute atomic E-state index is 10.8. The summed E-state index contributed by atoms with van der Waals surface area (Å²) in [6.07, 6.45) is -0.310. The second kappa shape index (κ2) is 9.24. The summed E-state index contributed by atoms with van der Waals surface area (Å²) in [6.45, 7) is 1.21. The zero-order valence-electron chi connectivity index (χ0n) is 9.77. The third kappa shape index (κ3) is 8.96. The Morgan fingerprint density at radius 2 is 2.07 bits per heavy atom. The smallest absolute Gasteiger partial charge is 1.00 e. The van der Waals surface area contributed by atoms with Gasteiger partial charge in [0.05, 0.1) is 0 Å². The van der Waals surface area contributed by atoms with E-state index in [0.29, 0.717) is 0 Å². The molecule has 0 saturated heterocycles. The number of carboxylic acid groups (broad SMARTS) is 1. The van der Waals surface area contributed by atoms with Gasteiger partial charge in [0.15, 0.2) is 6.16 Å². The monoisotopic (exact) mass is 246 g/mol. The van der Waals surface area contributed by atoms with Crippen LogP contribution in [0.4, 0.5) is 0 Å². The number of amides is 1. The van der Waals surface area contributed by atoms with Gasteiger partial charge in [-0.05, 0) is 0 Å². The maximum atomic E-state index is 10.8. The van der Waals surface area contributed by atoms with E-state index >= 15 is 0 Å².